The number of sulfonamides is 1. The van der Waals surface area contributed by atoms with E-state index >= 15 is 0 Å². The number of phenols is 1. The molecule has 1 unspecified atom stereocenters. The van der Waals surface area contributed by atoms with Gasteiger partial charge in [-0.25, -0.2) is 13.1 Å². The van der Waals surface area contributed by atoms with Crippen LogP contribution < -0.4 is 9.46 Å². The zero-order chi connectivity index (χ0) is 21.9. The van der Waals surface area contributed by atoms with Gasteiger partial charge in [-0.2, -0.15) is 0 Å². The molecule has 30 heavy (non-hydrogen) atoms. The molecule has 2 N–H and O–H groups in total. The van der Waals surface area contributed by atoms with Gasteiger partial charge in [0.1, 0.15) is 5.82 Å². The van der Waals surface area contributed by atoms with Crippen LogP contribution in [0.1, 0.15) is 44.0 Å². The van der Waals surface area contributed by atoms with Gasteiger partial charge in [-0.15, -0.1) is 10.2 Å². The van der Waals surface area contributed by atoms with E-state index in [0.29, 0.717) is 37.7 Å². The summed E-state index contributed by atoms with van der Waals surface area (Å²) in [5.74, 6) is 2.21. The number of hydrogen-bond donors (Lipinski definition) is 2. The fourth-order valence-corrected chi connectivity index (χ4v) is 4.54. The van der Waals surface area contributed by atoms with Crippen molar-refractivity contribution in [3.63, 3.8) is 0 Å². The predicted octanol–water partition coefficient (Wildman–Crippen LogP) is 1.69. The summed E-state index contributed by atoms with van der Waals surface area (Å²) in [6.45, 7) is 9.05. The quantitative estimate of drug-likeness (QED) is 0.647. The largest absolute Gasteiger partial charge is 0.504 e. The molecule has 0 radical (unpaired) electrons. The Hall–Kier alpha value is -2.17. The smallest absolute Gasteiger partial charge is 0.209 e. The van der Waals surface area contributed by atoms with E-state index in [1.54, 1.807) is 6.07 Å². The lowest BCUT2D eigenvalue weighted by Gasteiger charge is -2.23. The molecule has 0 spiro atoms. The summed E-state index contributed by atoms with van der Waals surface area (Å²) in [5.41, 5.74) is 0.817. The highest BCUT2D eigenvalue weighted by Gasteiger charge is 2.28. The molecule has 1 aromatic heterocycles. The second-order valence-corrected chi connectivity index (χ2v) is 9.74. The molecule has 2 aromatic rings. The molecule has 166 valence electrons. The van der Waals surface area contributed by atoms with Gasteiger partial charge in [-0.3, -0.25) is 4.90 Å². The second-order valence-electron chi connectivity index (χ2n) is 7.96. The lowest BCUT2D eigenvalue weighted by molar-refractivity contribution is 0.261. The number of aromatic hydroxyl groups is 1. The molecule has 0 amide bonds. The number of phenolic OH excluding ortho intramolecular Hbond substituents is 1. The number of fused-ring (bicyclic) bond motifs is 1. The summed E-state index contributed by atoms with van der Waals surface area (Å²) in [4.78, 5) is 2.25. The van der Waals surface area contributed by atoms with Gasteiger partial charge in [0.2, 0.25) is 10.0 Å². The van der Waals surface area contributed by atoms with Crippen molar-refractivity contribution in [3.8, 4) is 11.5 Å². The van der Waals surface area contributed by atoms with Crippen LogP contribution in [0.5, 0.6) is 11.5 Å². The number of para-hydroxylation sites is 1. The zero-order valence-corrected chi connectivity index (χ0v) is 18.8. The van der Waals surface area contributed by atoms with E-state index in [9.17, 15) is 13.5 Å². The third kappa shape index (κ3) is 5.30. The molecule has 0 fully saturated rings. The molecular formula is C20H31N5O4S. The van der Waals surface area contributed by atoms with Gasteiger partial charge in [0, 0.05) is 38.2 Å². The Morgan fingerprint density at radius 1 is 1.23 bits per heavy atom. The predicted molar refractivity (Wildman–Crippen MR) is 114 cm³/mol. The number of nitrogens with one attached hydrogen (secondary N) is 1. The van der Waals surface area contributed by atoms with Crippen LogP contribution in [0.25, 0.3) is 0 Å². The first kappa shape index (κ1) is 22.5. The number of rotatable bonds is 8. The molecule has 1 atom stereocenters. The van der Waals surface area contributed by atoms with Crippen molar-refractivity contribution in [2.24, 2.45) is 5.92 Å². The van der Waals surface area contributed by atoms with Crippen LogP contribution in [0.15, 0.2) is 18.2 Å². The number of nitrogens with zero attached hydrogens (tertiary/aromatic N) is 4. The van der Waals surface area contributed by atoms with Gasteiger partial charge in [0.25, 0.3) is 0 Å². The van der Waals surface area contributed by atoms with Gasteiger partial charge in [-0.1, -0.05) is 26.0 Å². The van der Waals surface area contributed by atoms with Crippen LogP contribution in [0.3, 0.4) is 0 Å². The van der Waals surface area contributed by atoms with Crippen molar-refractivity contribution >= 4 is 10.0 Å². The van der Waals surface area contributed by atoms with Gasteiger partial charge >= 0.3 is 0 Å². The fourth-order valence-electron chi connectivity index (χ4n) is 3.70. The minimum absolute atomic E-state index is 0.0330. The van der Waals surface area contributed by atoms with Crippen LogP contribution in [0, 0.1) is 5.92 Å². The third-order valence-corrected chi connectivity index (χ3v) is 5.89. The molecule has 1 aromatic carbocycles. The van der Waals surface area contributed by atoms with Crippen molar-refractivity contribution in [2.45, 2.75) is 46.3 Å². The van der Waals surface area contributed by atoms with Crippen LogP contribution in [-0.4, -0.2) is 59.1 Å². The first-order valence-electron chi connectivity index (χ1n) is 10.2. The molecule has 1 aliphatic rings. The topological polar surface area (TPSA) is 110 Å². The highest BCUT2D eigenvalue weighted by molar-refractivity contribution is 7.88. The SMILES string of the molecule is CCOc1cccc(CN2CCc3nnc(C(NS(C)(=O)=O)C(C)C)n3CC2)c1O. The van der Waals surface area contributed by atoms with Gasteiger partial charge < -0.3 is 14.4 Å². The van der Waals surface area contributed by atoms with Gasteiger partial charge in [0.15, 0.2) is 17.3 Å². The maximum Gasteiger partial charge on any atom is 0.209 e. The fraction of sp³-hybridized carbons (Fsp3) is 0.600. The van der Waals surface area contributed by atoms with Gasteiger partial charge in [0.05, 0.1) is 18.9 Å². The van der Waals surface area contributed by atoms with Crippen LogP contribution in [0.4, 0.5) is 0 Å². The molecular weight excluding hydrogens is 406 g/mol. The molecule has 0 aliphatic carbocycles. The van der Waals surface area contributed by atoms with Crippen molar-refractivity contribution in [3.05, 3.63) is 35.4 Å². The lowest BCUT2D eigenvalue weighted by atomic mass is 10.1. The average Bonchev–Trinajstić information content (AvgIpc) is 2.96. The lowest BCUT2D eigenvalue weighted by Crippen LogP contribution is -2.33. The first-order chi connectivity index (χ1) is 14.2. The van der Waals surface area contributed by atoms with Crippen molar-refractivity contribution in [1.29, 1.82) is 0 Å². The molecule has 3 rings (SSSR count). The Bertz CT molecular complexity index is 974. The summed E-state index contributed by atoms with van der Waals surface area (Å²) in [7, 11) is -3.38. The molecule has 1 aliphatic heterocycles. The van der Waals surface area contributed by atoms with Crippen molar-refractivity contribution in [2.75, 3.05) is 26.0 Å². The third-order valence-electron chi connectivity index (χ3n) is 5.21. The highest BCUT2D eigenvalue weighted by Crippen LogP contribution is 2.31. The van der Waals surface area contributed by atoms with E-state index in [2.05, 4.69) is 19.8 Å². The van der Waals surface area contributed by atoms with Crippen LogP contribution in [-0.2, 0) is 29.5 Å². The summed E-state index contributed by atoms with van der Waals surface area (Å²) >= 11 is 0. The molecule has 9 nitrogen and oxygen atoms in total. The number of benzene rings is 1. The van der Waals surface area contributed by atoms with E-state index in [-0.39, 0.29) is 11.7 Å². The standard InChI is InChI=1S/C20H31N5O4S/c1-5-29-16-8-6-7-15(19(16)26)13-24-10-9-17-21-22-20(25(17)12-11-24)18(14(2)3)23-30(4,27)28/h6-8,14,18,23,26H,5,9-13H2,1-4H3. The highest BCUT2D eigenvalue weighted by atomic mass is 32.2. The normalized spacial score (nSPS) is 16.3. The second kappa shape index (κ2) is 9.32. The summed E-state index contributed by atoms with van der Waals surface area (Å²) in [6, 6.07) is 5.12. The molecule has 0 saturated heterocycles. The van der Waals surface area contributed by atoms with E-state index < -0.39 is 16.1 Å². The molecule has 2 heterocycles. The number of aromatic nitrogens is 3. The Morgan fingerprint density at radius 3 is 2.67 bits per heavy atom. The van der Waals surface area contributed by atoms with Gasteiger partial charge in [-0.05, 0) is 18.9 Å². The molecule has 10 heteroatoms. The maximum atomic E-state index is 11.8. The summed E-state index contributed by atoms with van der Waals surface area (Å²) < 4.78 is 33.9. The van der Waals surface area contributed by atoms with Crippen molar-refractivity contribution < 1.29 is 18.3 Å². The van der Waals surface area contributed by atoms with E-state index in [4.69, 9.17) is 4.74 Å². The first-order valence-corrected chi connectivity index (χ1v) is 12.1. The minimum Gasteiger partial charge on any atom is -0.504 e. The van der Waals surface area contributed by atoms with E-state index in [1.165, 1.54) is 0 Å². The number of hydrogen-bond acceptors (Lipinski definition) is 7. The Morgan fingerprint density at radius 2 is 2.00 bits per heavy atom. The van der Waals surface area contributed by atoms with Crippen LogP contribution >= 0.6 is 0 Å². The summed E-state index contributed by atoms with van der Waals surface area (Å²) in [5, 5.41) is 19.1. The molecule has 0 bridgehead atoms. The Balaban J connectivity index is 1.76. The minimum atomic E-state index is -3.38. The number of ether oxygens (including phenoxy) is 1. The van der Waals surface area contributed by atoms with Crippen molar-refractivity contribution in [1.82, 2.24) is 24.4 Å². The Kier molecular flexibility index (Phi) is 6.99. The molecule has 0 saturated carbocycles. The average molecular weight is 438 g/mol. The zero-order valence-electron chi connectivity index (χ0n) is 18.0. The van der Waals surface area contributed by atoms with Crippen LogP contribution in [0.2, 0.25) is 0 Å². The summed E-state index contributed by atoms with van der Waals surface area (Å²) in [6.07, 6.45) is 1.86. The maximum absolute atomic E-state index is 11.8. The Labute approximate surface area is 178 Å². The van der Waals surface area contributed by atoms with E-state index in [0.717, 1.165) is 30.7 Å². The van der Waals surface area contributed by atoms with E-state index in [1.807, 2.05) is 37.5 Å². The monoisotopic (exact) mass is 437 g/mol.